The molecule has 0 bridgehead atoms. The molecule has 0 radical (unpaired) electrons. The van der Waals surface area contributed by atoms with E-state index in [1.54, 1.807) is 17.8 Å². The van der Waals surface area contributed by atoms with Gasteiger partial charge in [-0.15, -0.1) is 0 Å². The van der Waals surface area contributed by atoms with E-state index >= 15 is 0 Å². The first kappa shape index (κ1) is 14.2. The maximum absolute atomic E-state index is 13.0. The molecule has 1 aromatic rings. The summed E-state index contributed by atoms with van der Waals surface area (Å²) < 4.78 is 13.0. The number of anilines is 1. The highest BCUT2D eigenvalue weighted by Gasteiger charge is 2.39. The summed E-state index contributed by atoms with van der Waals surface area (Å²) >= 11 is 7.79. The Kier molecular flexibility index (Phi) is 3.95. The zero-order valence-electron chi connectivity index (χ0n) is 11.5. The van der Waals surface area contributed by atoms with E-state index in [0.717, 1.165) is 22.5 Å². The largest absolute Gasteiger partial charge is 0.334 e. The summed E-state index contributed by atoms with van der Waals surface area (Å²) in [6.45, 7) is 2.31. The summed E-state index contributed by atoms with van der Waals surface area (Å²) in [7, 11) is 0. The van der Waals surface area contributed by atoms with Gasteiger partial charge in [-0.1, -0.05) is 43.1 Å². The fourth-order valence-corrected chi connectivity index (χ4v) is 4.50. The van der Waals surface area contributed by atoms with Crippen molar-refractivity contribution in [3.05, 3.63) is 29.0 Å². The van der Waals surface area contributed by atoms with Crippen molar-refractivity contribution >= 4 is 34.2 Å². The zero-order chi connectivity index (χ0) is 14.2. The number of hydrogen-bond acceptors (Lipinski definition) is 3. The van der Waals surface area contributed by atoms with Crippen LogP contribution in [0.5, 0.6) is 0 Å². The van der Waals surface area contributed by atoms with Crippen molar-refractivity contribution in [1.29, 1.82) is 0 Å². The first-order valence-electron chi connectivity index (χ1n) is 7.01. The molecular formula is C15H18ClFN2S. The van der Waals surface area contributed by atoms with Crippen molar-refractivity contribution in [3.63, 3.8) is 0 Å². The Morgan fingerprint density at radius 1 is 1.50 bits per heavy atom. The molecule has 1 spiro atoms. The number of thioether (sulfide) groups is 1. The van der Waals surface area contributed by atoms with Crippen molar-refractivity contribution < 1.29 is 4.39 Å². The van der Waals surface area contributed by atoms with Crippen molar-refractivity contribution in [1.82, 2.24) is 0 Å². The number of amidine groups is 1. The van der Waals surface area contributed by atoms with Crippen LogP contribution in [-0.4, -0.2) is 16.5 Å². The van der Waals surface area contributed by atoms with Gasteiger partial charge in [0.05, 0.1) is 16.2 Å². The van der Waals surface area contributed by atoms with Crippen molar-refractivity contribution in [2.24, 2.45) is 10.9 Å². The van der Waals surface area contributed by atoms with Crippen LogP contribution in [0.3, 0.4) is 0 Å². The molecule has 0 saturated heterocycles. The highest BCUT2D eigenvalue weighted by Crippen LogP contribution is 2.42. The summed E-state index contributed by atoms with van der Waals surface area (Å²) in [5.74, 6) is 1.47. The lowest BCUT2D eigenvalue weighted by Crippen LogP contribution is -2.33. The molecular weight excluding hydrogens is 295 g/mol. The molecule has 0 aromatic heterocycles. The highest BCUT2D eigenvalue weighted by atomic mass is 35.5. The van der Waals surface area contributed by atoms with Gasteiger partial charge in [0, 0.05) is 5.75 Å². The molecule has 1 aliphatic heterocycles. The normalized spacial score (nSPS) is 29.6. The summed E-state index contributed by atoms with van der Waals surface area (Å²) in [5, 5.41) is 4.54. The molecule has 108 valence electrons. The Morgan fingerprint density at radius 3 is 3.10 bits per heavy atom. The van der Waals surface area contributed by atoms with E-state index in [9.17, 15) is 4.39 Å². The minimum Gasteiger partial charge on any atom is -0.334 e. The molecule has 1 aromatic carbocycles. The zero-order valence-corrected chi connectivity index (χ0v) is 13.0. The van der Waals surface area contributed by atoms with E-state index in [-0.39, 0.29) is 11.4 Å². The van der Waals surface area contributed by atoms with Gasteiger partial charge in [0.2, 0.25) is 0 Å². The number of aliphatic imine (C=N–C) groups is 1. The highest BCUT2D eigenvalue weighted by molar-refractivity contribution is 8.14. The van der Waals surface area contributed by atoms with E-state index in [4.69, 9.17) is 16.6 Å². The van der Waals surface area contributed by atoms with Gasteiger partial charge in [0.1, 0.15) is 5.82 Å². The maximum Gasteiger partial charge on any atom is 0.161 e. The monoisotopic (exact) mass is 312 g/mol. The van der Waals surface area contributed by atoms with Gasteiger partial charge in [0.25, 0.3) is 0 Å². The average molecular weight is 313 g/mol. The van der Waals surface area contributed by atoms with Crippen LogP contribution in [0.25, 0.3) is 0 Å². The van der Waals surface area contributed by atoms with Crippen LogP contribution in [0.2, 0.25) is 5.02 Å². The molecule has 5 heteroatoms. The minimum absolute atomic E-state index is 0.108. The van der Waals surface area contributed by atoms with Crippen LogP contribution in [0.1, 0.15) is 32.6 Å². The third kappa shape index (κ3) is 2.96. The molecule has 3 rings (SSSR count). The lowest BCUT2D eigenvalue weighted by Gasteiger charge is -2.33. The predicted octanol–water partition coefficient (Wildman–Crippen LogP) is 4.94. The minimum atomic E-state index is -0.320. The second kappa shape index (κ2) is 5.57. The molecule has 20 heavy (non-hydrogen) atoms. The molecule has 1 saturated carbocycles. The first-order chi connectivity index (χ1) is 9.56. The Morgan fingerprint density at radius 2 is 2.35 bits per heavy atom. The van der Waals surface area contributed by atoms with E-state index in [0.29, 0.717) is 5.02 Å². The van der Waals surface area contributed by atoms with Crippen LogP contribution >= 0.6 is 23.4 Å². The van der Waals surface area contributed by atoms with Gasteiger partial charge in [0.15, 0.2) is 5.17 Å². The Labute approximate surface area is 128 Å². The van der Waals surface area contributed by atoms with Gasteiger partial charge in [-0.3, -0.25) is 4.99 Å². The van der Waals surface area contributed by atoms with Crippen LogP contribution in [-0.2, 0) is 0 Å². The SMILES string of the molecule is CC1CCCC2(CSC(Nc3ccc(F)cc3Cl)=N2)C1. The van der Waals surface area contributed by atoms with Gasteiger partial charge in [-0.05, 0) is 37.0 Å². The van der Waals surface area contributed by atoms with Gasteiger partial charge in [-0.2, -0.15) is 0 Å². The third-order valence-electron chi connectivity index (χ3n) is 4.06. The third-order valence-corrected chi connectivity index (χ3v) is 5.52. The maximum atomic E-state index is 13.0. The summed E-state index contributed by atoms with van der Waals surface area (Å²) in [6, 6.07) is 4.39. The molecule has 0 amide bonds. The van der Waals surface area contributed by atoms with Crippen molar-refractivity contribution in [3.8, 4) is 0 Å². The number of hydrogen-bond donors (Lipinski definition) is 1. The average Bonchev–Trinajstić information content (AvgIpc) is 2.75. The first-order valence-corrected chi connectivity index (χ1v) is 8.37. The standard InChI is InChI=1S/C15H18ClFN2S/c1-10-3-2-6-15(8-10)9-20-14(19-15)18-13-5-4-11(17)7-12(13)16/h4-5,7,10H,2-3,6,8-9H2,1H3,(H,18,19). The second-order valence-corrected chi connectivity index (χ2v) is 7.25. The lowest BCUT2D eigenvalue weighted by molar-refractivity contribution is 0.266. The van der Waals surface area contributed by atoms with E-state index in [1.165, 1.54) is 37.8 Å². The fourth-order valence-electron chi connectivity index (χ4n) is 3.12. The summed E-state index contributed by atoms with van der Waals surface area (Å²) in [4.78, 5) is 4.90. The van der Waals surface area contributed by atoms with Crippen LogP contribution < -0.4 is 5.32 Å². The fraction of sp³-hybridized carbons (Fsp3) is 0.533. The smallest absolute Gasteiger partial charge is 0.161 e. The quantitative estimate of drug-likeness (QED) is 0.794. The molecule has 1 heterocycles. The molecule has 2 nitrogen and oxygen atoms in total. The molecule has 2 atom stereocenters. The van der Waals surface area contributed by atoms with Crippen molar-refractivity contribution in [2.45, 2.75) is 38.1 Å². The molecule has 1 fully saturated rings. The van der Waals surface area contributed by atoms with Gasteiger partial charge < -0.3 is 5.32 Å². The van der Waals surface area contributed by atoms with Crippen LogP contribution in [0, 0.1) is 11.7 Å². The molecule has 2 unspecified atom stereocenters. The molecule has 2 aliphatic rings. The van der Waals surface area contributed by atoms with Gasteiger partial charge in [-0.25, -0.2) is 4.39 Å². The molecule has 1 aliphatic carbocycles. The number of nitrogens with one attached hydrogen (secondary N) is 1. The van der Waals surface area contributed by atoms with E-state index in [1.807, 2.05) is 0 Å². The Balaban J connectivity index is 1.75. The number of benzene rings is 1. The summed E-state index contributed by atoms with van der Waals surface area (Å²) in [6.07, 6.45) is 4.92. The Bertz CT molecular complexity index is 549. The predicted molar refractivity (Wildman–Crippen MR) is 85.3 cm³/mol. The van der Waals surface area contributed by atoms with Crippen LogP contribution in [0.15, 0.2) is 23.2 Å². The van der Waals surface area contributed by atoms with Crippen molar-refractivity contribution in [2.75, 3.05) is 11.1 Å². The number of halogens is 2. The number of rotatable bonds is 1. The topological polar surface area (TPSA) is 24.4 Å². The molecule has 1 N–H and O–H groups in total. The van der Waals surface area contributed by atoms with E-state index in [2.05, 4.69) is 12.2 Å². The Hall–Kier alpha value is -0.740. The number of nitrogens with zero attached hydrogens (tertiary/aromatic N) is 1. The summed E-state index contributed by atoms with van der Waals surface area (Å²) in [5.41, 5.74) is 0.831. The van der Waals surface area contributed by atoms with Gasteiger partial charge >= 0.3 is 0 Å². The van der Waals surface area contributed by atoms with Crippen LogP contribution in [0.4, 0.5) is 10.1 Å². The lowest BCUT2D eigenvalue weighted by atomic mass is 9.78. The van der Waals surface area contributed by atoms with E-state index < -0.39 is 0 Å². The second-order valence-electron chi connectivity index (χ2n) is 5.88.